The van der Waals surface area contributed by atoms with Crippen molar-refractivity contribution < 1.29 is 13.2 Å². The summed E-state index contributed by atoms with van der Waals surface area (Å²) in [6.45, 7) is 4.10. The number of fused-ring (bicyclic) bond motifs is 2. The monoisotopic (exact) mass is 364 g/mol. The third kappa shape index (κ3) is 2.87. The van der Waals surface area contributed by atoms with Gasteiger partial charge in [-0.2, -0.15) is 18.3 Å². The number of nitrogens with two attached hydrogens (primary N) is 1. The first-order valence-electron chi connectivity index (χ1n) is 9.16. The third-order valence-corrected chi connectivity index (χ3v) is 5.89. The van der Waals surface area contributed by atoms with Crippen LogP contribution in [-0.4, -0.2) is 14.8 Å². The molecule has 2 aliphatic carbocycles. The van der Waals surface area contributed by atoms with Crippen LogP contribution in [0.1, 0.15) is 62.7 Å². The topological polar surface area (TPSA) is 56.7 Å². The zero-order chi connectivity index (χ0) is 18.6. The number of nitrogens with zero attached hydrogens (tertiary/aromatic N) is 3. The Balaban J connectivity index is 1.75. The first kappa shape index (κ1) is 17.4. The van der Waals surface area contributed by atoms with Gasteiger partial charge in [0.1, 0.15) is 5.82 Å². The molecule has 4 rings (SSSR count). The van der Waals surface area contributed by atoms with Crippen LogP contribution in [0.2, 0.25) is 0 Å². The molecule has 0 spiro atoms. The molecule has 4 nitrogen and oxygen atoms in total. The fourth-order valence-electron chi connectivity index (χ4n) is 4.69. The van der Waals surface area contributed by atoms with Crippen molar-refractivity contribution in [3.63, 3.8) is 0 Å². The lowest BCUT2D eigenvalue weighted by atomic mass is 9.86. The van der Waals surface area contributed by atoms with Crippen LogP contribution in [0.5, 0.6) is 0 Å². The molecule has 26 heavy (non-hydrogen) atoms. The van der Waals surface area contributed by atoms with Crippen molar-refractivity contribution >= 4 is 5.82 Å². The van der Waals surface area contributed by atoms with Crippen molar-refractivity contribution in [2.45, 2.75) is 57.7 Å². The molecule has 2 aromatic heterocycles. The van der Waals surface area contributed by atoms with E-state index in [-0.39, 0.29) is 6.04 Å². The molecular formula is C19H23F3N4. The molecule has 1 unspecified atom stereocenters. The van der Waals surface area contributed by atoms with Crippen molar-refractivity contribution in [2.24, 2.45) is 11.8 Å². The second-order valence-corrected chi connectivity index (χ2v) is 7.93. The minimum atomic E-state index is -4.53. The van der Waals surface area contributed by atoms with Crippen molar-refractivity contribution in [3.05, 3.63) is 29.6 Å². The van der Waals surface area contributed by atoms with Gasteiger partial charge in [-0.05, 0) is 57.1 Å². The average Bonchev–Trinajstić information content (AvgIpc) is 3.28. The van der Waals surface area contributed by atoms with Gasteiger partial charge in [0.2, 0.25) is 0 Å². The Labute approximate surface area is 150 Å². The summed E-state index contributed by atoms with van der Waals surface area (Å²) in [5.41, 5.74) is 6.55. The van der Waals surface area contributed by atoms with Gasteiger partial charge in [0.15, 0.2) is 0 Å². The van der Waals surface area contributed by atoms with Gasteiger partial charge >= 0.3 is 6.18 Å². The molecule has 7 heteroatoms. The molecule has 2 bridgehead atoms. The molecule has 0 saturated heterocycles. The van der Waals surface area contributed by atoms with Crippen molar-refractivity contribution in [1.29, 1.82) is 0 Å². The highest BCUT2D eigenvalue weighted by Gasteiger charge is 2.42. The Morgan fingerprint density at radius 3 is 2.54 bits per heavy atom. The van der Waals surface area contributed by atoms with E-state index in [1.807, 2.05) is 10.7 Å². The minimum Gasteiger partial charge on any atom is -0.383 e. The molecule has 3 atom stereocenters. The number of halogens is 3. The molecule has 0 aliphatic heterocycles. The van der Waals surface area contributed by atoms with Gasteiger partial charge in [-0.25, -0.2) is 4.98 Å². The summed E-state index contributed by atoms with van der Waals surface area (Å²) in [4.78, 5) is 3.75. The Morgan fingerprint density at radius 2 is 1.96 bits per heavy atom. The summed E-state index contributed by atoms with van der Waals surface area (Å²) in [6.07, 6.45) is 1.83. The summed E-state index contributed by atoms with van der Waals surface area (Å²) in [5.74, 6) is 1.43. The molecule has 2 aliphatic rings. The summed E-state index contributed by atoms with van der Waals surface area (Å²) in [7, 11) is 0. The van der Waals surface area contributed by atoms with Crippen molar-refractivity contribution in [1.82, 2.24) is 14.8 Å². The molecule has 2 saturated carbocycles. The lowest BCUT2D eigenvalue weighted by Gasteiger charge is -2.23. The lowest BCUT2D eigenvalue weighted by Crippen LogP contribution is -2.15. The van der Waals surface area contributed by atoms with E-state index in [0.29, 0.717) is 23.1 Å². The zero-order valence-electron chi connectivity index (χ0n) is 14.9. The van der Waals surface area contributed by atoms with Gasteiger partial charge in [0, 0.05) is 29.4 Å². The van der Waals surface area contributed by atoms with E-state index in [0.717, 1.165) is 24.1 Å². The van der Waals surface area contributed by atoms with E-state index in [9.17, 15) is 13.2 Å². The maximum absolute atomic E-state index is 13.2. The highest BCUT2D eigenvalue weighted by Crippen LogP contribution is 2.53. The van der Waals surface area contributed by atoms with Crippen molar-refractivity contribution in [2.75, 3.05) is 5.73 Å². The molecule has 0 amide bonds. The largest absolute Gasteiger partial charge is 0.419 e. The second-order valence-electron chi connectivity index (χ2n) is 7.93. The summed E-state index contributed by atoms with van der Waals surface area (Å²) >= 11 is 0. The maximum atomic E-state index is 13.2. The number of aromatic nitrogens is 3. The van der Waals surface area contributed by atoms with Crippen LogP contribution in [0.3, 0.4) is 0 Å². The van der Waals surface area contributed by atoms with Crippen LogP contribution in [0, 0.1) is 11.8 Å². The van der Waals surface area contributed by atoms with Crippen molar-refractivity contribution in [3.8, 4) is 11.3 Å². The van der Waals surface area contributed by atoms with E-state index in [2.05, 4.69) is 23.9 Å². The molecule has 0 aromatic carbocycles. The third-order valence-electron chi connectivity index (χ3n) is 5.89. The van der Waals surface area contributed by atoms with Crippen LogP contribution >= 0.6 is 0 Å². The first-order valence-corrected chi connectivity index (χ1v) is 9.16. The molecule has 2 N–H and O–H groups in total. The molecular weight excluding hydrogens is 341 g/mol. The molecule has 0 radical (unpaired) electrons. The standard InChI is InChI=1S/C19H23F3N4/c1-10(2)26-17(14-6-11-3-4-12(14)5-11)8-16(25-26)13-7-15(19(20,21)22)18(23)24-9-13/h7-12,14H,3-6H2,1-2H3,(H2,23,24)/t11?,12-,14-/m1/s1. The number of hydrogen-bond donors (Lipinski definition) is 1. The van der Waals surface area contributed by atoms with Crippen LogP contribution in [0.15, 0.2) is 18.3 Å². The normalized spacial score (nSPS) is 25.4. The minimum absolute atomic E-state index is 0.154. The fraction of sp³-hybridized carbons (Fsp3) is 0.579. The van der Waals surface area contributed by atoms with Gasteiger partial charge in [0.25, 0.3) is 0 Å². The summed E-state index contributed by atoms with van der Waals surface area (Å²) < 4.78 is 41.5. The Hall–Kier alpha value is -2.05. The van der Waals surface area contributed by atoms with Crippen LogP contribution < -0.4 is 5.73 Å². The number of rotatable bonds is 3. The highest BCUT2D eigenvalue weighted by atomic mass is 19.4. The van der Waals surface area contributed by atoms with Gasteiger partial charge in [0.05, 0.1) is 11.3 Å². The number of alkyl halides is 3. The molecule has 2 fully saturated rings. The van der Waals surface area contributed by atoms with Gasteiger partial charge in [-0.1, -0.05) is 6.42 Å². The van der Waals surface area contributed by atoms with E-state index < -0.39 is 17.6 Å². The summed E-state index contributed by atoms with van der Waals surface area (Å²) in [5, 5.41) is 4.63. The lowest BCUT2D eigenvalue weighted by molar-refractivity contribution is -0.137. The second kappa shape index (κ2) is 5.99. The Morgan fingerprint density at radius 1 is 1.19 bits per heavy atom. The zero-order valence-corrected chi connectivity index (χ0v) is 14.9. The van der Waals surface area contributed by atoms with E-state index in [1.165, 1.54) is 25.5 Å². The van der Waals surface area contributed by atoms with Gasteiger partial charge in [-0.3, -0.25) is 4.68 Å². The van der Waals surface area contributed by atoms with Gasteiger partial charge < -0.3 is 5.73 Å². The van der Waals surface area contributed by atoms with E-state index in [1.54, 1.807) is 0 Å². The van der Waals surface area contributed by atoms with E-state index in [4.69, 9.17) is 5.73 Å². The molecule has 2 aromatic rings. The number of hydrogen-bond acceptors (Lipinski definition) is 3. The average molecular weight is 364 g/mol. The van der Waals surface area contributed by atoms with Crippen LogP contribution in [0.4, 0.5) is 19.0 Å². The van der Waals surface area contributed by atoms with E-state index >= 15 is 0 Å². The van der Waals surface area contributed by atoms with Crippen LogP contribution in [0.25, 0.3) is 11.3 Å². The quantitative estimate of drug-likeness (QED) is 0.831. The van der Waals surface area contributed by atoms with Gasteiger partial charge in [-0.15, -0.1) is 0 Å². The fourth-order valence-corrected chi connectivity index (χ4v) is 4.69. The first-order chi connectivity index (χ1) is 12.2. The number of nitrogen functional groups attached to an aromatic ring is 1. The smallest absolute Gasteiger partial charge is 0.383 e. The number of pyridine rings is 1. The number of anilines is 1. The SMILES string of the molecule is CC(C)n1nc(-c2cnc(N)c(C(F)(F)F)c2)cc1[C@@H]1CC2CC[C@@H]1C2. The Bertz CT molecular complexity index is 825. The molecule has 140 valence electrons. The van der Waals surface area contributed by atoms with Crippen LogP contribution in [-0.2, 0) is 6.18 Å². The molecule has 2 heterocycles. The highest BCUT2D eigenvalue weighted by molar-refractivity contribution is 5.62. The predicted molar refractivity (Wildman–Crippen MR) is 93.4 cm³/mol. The maximum Gasteiger partial charge on any atom is 0.419 e. The summed E-state index contributed by atoms with van der Waals surface area (Å²) in [6, 6.07) is 3.17. The predicted octanol–water partition coefficient (Wildman–Crippen LogP) is 5.03. The Kier molecular flexibility index (Phi) is 4.00.